The van der Waals surface area contributed by atoms with Gasteiger partial charge in [0.05, 0.1) is 5.69 Å². The van der Waals surface area contributed by atoms with Crippen LogP contribution in [0.4, 0.5) is 8.78 Å². The van der Waals surface area contributed by atoms with E-state index in [0.29, 0.717) is 11.3 Å². The Balaban J connectivity index is 2.04. The molecule has 0 radical (unpaired) electrons. The first-order chi connectivity index (χ1) is 9.65. The van der Waals surface area contributed by atoms with Crippen LogP contribution in [0.5, 0.6) is 5.75 Å². The maximum atomic E-state index is 12.0. The molecule has 0 spiro atoms. The summed E-state index contributed by atoms with van der Waals surface area (Å²) in [5, 5.41) is 0. The lowest BCUT2D eigenvalue weighted by Gasteiger charge is -2.04. The molecule has 2 aromatic rings. The van der Waals surface area contributed by atoms with Crippen molar-refractivity contribution in [2.45, 2.75) is 6.61 Å². The molecule has 0 saturated carbocycles. The summed E-state index contributed by atoms with van der Waals surface area (Å²) in [5.74, 6) is -0.218. The summed E-state index contributed by atoms with van der Waals surface area (Å²) in [6.07, 6.45) is 4.60. The predicted octanol–water partition coefficient (Wildman–Crippen LogP) is 3.58. The van der Waals surface area contributed by atoms with Crippen LogP contribution in [0.15, 0.2) is 54.7 Å². The van der Waals surface area contributed by atoms with E-state index in [4.69, 9.17) is 0 Å². The van der Waals surface area contributed by atoms with Crippen LogP contribution >= 0.6 is 0 Å². The lowest BCUT2D eigenvalue weighted by molar-refractivity contribution is -0.0498. The minimum Gasteiger partial charge on any atom is -0.435 e. The summed E-state index contributed by atoms with van der Waals surface area (Å²) >= 11 is 0. The normalized spacial score (nSPS) is 10.9. The number of carbonyl (C=O) groups excluding carboxylic acids is 1. The van der Waals surface area contributed by atoms with E-state index >= 15 is 0 Å². The number of ether oxygens (including phenoxy) is 1. The second-order valence-electron chi connectivity index (χ2n) is 3.86. The molecular formula is C15H11F2NO2. The highest BCUT2D eigenvalue weighted by Gasteiger charge is 2.06. The molecule has 0 fully saturated rings. The van der Waals surface area contributed by atoms with Gasteiger partial charge in [-0.25, -0.2) is 0 Å². The van der Waals surface area contributed by atoms with Crippen molar-refractivity contribution in [2.75, 3.05) is 0 Å². The Morgan fingerprint density at radius 2 is 1.90 bits per heavy atom. The SMILES string of the molecule is O=C(C=Cc1ccccn1)c1ccc(OC(F)F)cc1. The van der Waals surface area contributed by atoms with Gasteiger partial charge in [-0.2, -0.15) is 8.78 Å². The number of ketones is 1. The molecule has 20 heavy (non-hydrogen) atoms. The minimum absolute atomic E-state index is 0.0188. The second-order valence-corrected chi connectivity index (χ2v) is 3.86. The van der Waals surface area contributed by atoms with Crippen molar-refractivity contribution in [2.24, 2.45) is 0 Å². The number of alkyl halides is 2. The number of benzene rings is 1. The van der Waals surface area contributed by atoms with E-state index in [9.17, 15) is 13.6 Å². The molecule has 5 heteroatoms. The van der Waals surface area contributed by atoms with Gasteiger partial charge in [-0.05, 0) is 48.6 Å². The maximum Gasteiger partial charge on any atom is 0.387 e. The van der Waals surface area contributed by atoms with Crippen LogP contribution in [-0.4, -0.2) is 17.4 Å². The quantitative estimate of drug-likeness (QED) is 0.618. The monoisotopic (exact) mass is 275 g/mol. The third-order valence-electron chi connectivity index (χ3n) is 2.46. The number of hydrogen-bond donors (Lipinski definition) is 0. The van der Waals surface area contributed by atoms with Crippen LogP contribution in [0.25, 0.3) is 6.08 Å². The number of carbonyl (C=O) groups is 1. The van der Waals surface area contributed by atoms with Crippen molar-refractivity contribution in [1.82, 2.24) is 4.98 Å². The first kappa shape index (κ1) is 13.9. The van der Waals surface area contributed by atoms with E-state index in [1.54, 1.807) is 24.4 Å². The highest BCUT2D eigenvalue weighted by atomic mass is 19.3. The average Bonchev–Trinajstić information content (AvgIpc) is 2.46. The lowest BCUT2D eigenvalue weighted by Crippen LogP contribution is -2.02. The van der Waals surface area contributed by atoms with E-state index in [2.05, 4.69) is 9.72 Å². The zero-order chi connectivity index (χ0) is 14.4. The van der Waals surface area contributed by atoms with Crippen LogP contribution < -0.4 is 4.74 Å². The Bertz CT molecular complexity index is 595. The Morgan fingerprint density at radius 1 is 1.15 bits per heavy atom. The largest absolute Gasteiger partial charge is 0.435 e. The first-order valence-electron chi connectivity index (χ1n) is 5.83. The number of rotatable bonds is 5. The van der Waals surface area contributed by atoms with Gasteiger partial charge >= 0.3 is 6.61 Å². The summed E-state index contributed by atoms with van der Waals surface area (Å²) in [5.41, 5.74) is 1.05. The van der Waals surface area contributed by atoms with E-state index in [-0.39, 0.29) is 11.5 Å². The Labute approximate surface area is 114 Å². The Kier molecular flexibility index (Phi) is 4.55. The molecule has 0 bridgehead atoms. The fraction of sp³-hybridized carbons (Fsp3) is 0.0667. The molecule has 2 rings (SSSR count). The fourth-order valence-corrected chi connectivity index (χ4v) is 1.53. The van der Waals surface area contributed by atoms with Crippen LogP contribution in [0.1, 0.15) is 16.1 Å². The van der Waals surface area contributed by atoms with Crippen molar-refractivity contribution < 1.29 is 18.3 Å². The average molecular weight is 275 g/mol. The zero-order valence-electron chi connectivity index (χ0n) is 10.4. The molecule has 0 aliphatic heterocycles. The van der Waals surface area contributed by atoms with E-state index in [1.807, 2.05) is 6.07 Å². The summed E-state index contributed by atoms with van der Waals surface area (Å²) in [4.78, 5) is 15.9. The van der Waals surface area contributed by atoms with Gasteiger partial charge in [0.2, 0.25) is 0 Å². The summed E-state index contributed by atoms with van der Waals surface area (Å²) in [6.45, 7) is -2.87. The fourth-order valence-electron chi connectivity index (χ4n) is 1.53. The van der Waals surface area contributed by atoms with Gasteiger partial charge in [0, 0.05) is 11.8 Å². The molecule has 0 saturated heterocycles. The van der Waals surface area contributed by atoms with E-state index in [0.717, 1.165) is 0 Å². The zero-order valence-corrected chi connectivity index (χ0v) is 10.4. The molecular weight excluding hydrogens is 264 g/mol. The van der Waals surface area contributed by atoms with Gasteiger partial charge in [0.25, 0.3) is 0 Å². The van der Waals surface area contributed by atoms with Crippen molar-refractivity contribution in [3.8, 4) is 5.75 Å². The Morgan fingerprint density at radius 3 is 2.50 bits per heavy atom. The van der Waals surface area contributed by atoms with Crippen LogP contribution in [0, 0.1) is 0 Å². The van der Waals surface area contributed by atoms with Gasteiger partial charge in [0.15, 0.2) is 5.78 Å². The van der Waals surface area contributed by atoms with Gasteiger partial charge in [0.1, 0.15) is 5.75 Å². The molecule has 3 nitrogen and oxygen atoms in total. The maximum absolute atomic E-state index is 12.0. The van der Waals surface area contributed by atoms with Gasteiger partial charge < -0.3 is 4.74 Å². The van der Waals surface area contributed by atoms with Crippen molar-refractivity contribution in [1.29, 1.82) is 0 Å². The standard InChI is InChI=1S/C15H11F2NO2/c16-15(17)20-13-7-4-11(5-8-13)14(19)9-6-12-3-1-2-10-18-12/h1-10,15H. The smallest absolute Gasteiger partial charge is 0.387 e. The van der Waals surface area contributed by atoms with Gasteiger partial charge in [-0.1, -0.05) is 6.07 Å². The van der Waals surface area contributed by atoms with Crippen molar-refractivity contribution in [3.63, 3.8) is 0 Å². The number of halogens is 2. The third-order valence-corrected chi connectivity index (χ3v) is 2.46. The van der Waals surface area contributed by atoms with Crippen molar-refractivity contribution in [3.05, 3.63) is 66.0 Å². The van der Waals surface area contributed by atoms with Gasteiger partial charge in [-0.15, -0.1) is 0 Å². The summed E-state index contributed by atoms with van der Waals surface area (Å²) in [7, 11) is 0. The number of nitrogens with zero attached hydrogens (tertiary/aromatic N) is 1. The topological polar surface area (TPSA) is 39.2 Å². The van der Waals surface area contributed by atoms with E-state index < -0.39 is 6.61 Å². The van der Waals surface area contributed by atoms with Crippen LogP contribution in [0.3, 0.4) is 0 Å². The van der Waals surface area contributed by atoms with Gasteiger partial charge in [-0.3, -0.25) is 9.78 Å². The molecule has 102 valence electrons. The lowest BCUT2D eigenvalue weighted by atomic mass is 10.1. The molecule has 0 aliphatic carbocycles. The number of allylic oxidation sites excluding steroid dienone is 1. The Hall–Kier alpha value is -2.56. The highest BCUT2D eigenvalue weighted by Crippen LogP contribution is 2.15. The number of pyridine rings is 1. The number of hydrogen-bond acceptors (Lipinski definition) is 3. The second kappa shape index (κ2) is 6.56. The molecule has 0 amide bonds. The van der Waals surface area contributed by atoms with Crippen LogP contribution in [0.2, 0.25) is 0 Å². The van der Waals surface area contributed by atoms with Crippen LogP contribution in [-0.2, 0) is 0 Å². The van der Waals surface area contributed by atoms with E-state index in [1.165, 1.54) is 30.3 Å². The molecule has 0 unspecified atom stereocenters. The molecule has 0 aliphatic rings. The molecule has 1 aromatic carbocycles. The summed E-state index contributed by atoms with van der Waals surface area (Å²) < 4.78 is 28.2. The molecule has 0 N–H and O–H groups in total. The third kappa shape index (κ3) is 3.98. The highest BCUT2D eigenvalue weighted by molar-refractivity contribution is 6.06. The number of aromatic nitrogens is 1. The predicted molar refractivity (Wildman–Crippen MR) is 70.7 cm³/mol. The summed E-state index contributed by atoms with van der Waals surface area (Å²) in [6, 6.07) is 10.9. The molecule has 1 aromatic heterocycles. The minimum atomic E-state index is -2.87. The first-order valence-corrected chi connectivity index (χ1v) is 5.83. The molecule has 0 atom stereocenters. The molecule has 1 heterocycles. The van der Waals surface area contributed by atoms with Crippen molar-refractivity contribution >= 4 is 11.9 Å².